The highest BCUT2D eigenvalue weighted by atomic mass is 16.5. The average molecular weight is 384 g/mol. The van der Waals surface area contributed by atoms with Crippen molar-refractivity contribution >= 4 is 23.5 Å². The Hall–Kier alpha value is -3.35. The SMILES string of the molecule is CC(C)COc1ccc(C(=O)O[C@@H](C)C(=O)Nc2ccc(C(N)=O)cc2)cc1. The molecule has 0 saturated heterocycles. The molecule has 0 aliphatic carbocycles. The third kappa shape index (κ3) is 6.12. The Bertz CT molecular complexity index is 829. The maximum absolute atomic E-state index is 12.2. The average Bonchev–Trinajstić information content (AvgIpc) is 2.67. The molecule has 0 heterocycles. The third-order valence-electron chi connectivity index (χ3n) is 3.76. The number of benzene rings is 2. The molecular weight excluding hydrogens is 360 g/mol. The van der Waals surface area contributed by atoms with Crippen molar-refractivity contribution in [3.05, 3.63) is 59.7 Å². The standard InChI is InChI=1S/C21H24N2O5/c1-13(2)12-27-18-10-6-16(7-11-18)21(26)28-14(3)20(25)23-17-8-4-15(5-9-17)19(22)24/h4-11,13-14H,12H2,1-3H3,(H2,22,24)(H,23,25)/t14-/m0/s1. The number of carbonyl (C=O) groups is 3. The van der Waals surface area contributed by atoms with Crippen molar-refractivity contribution in [1.29, 1.82) is 0 Å². The quantitative estimate of drug-likeness (QED) is 0.680. The van der Waals surface area contributed by atoms with Gasteiger partial charge < -0.3 is 20.5 Å². The fraction of sp³-hybridized carbons (Fsp3) is 0.286. The summed E-state index contributed by atoms with van der Waals surface area (Å²) in [6.07, 6.45) is -1.000. The van der Waals surface area contributed by atoms with Crippen LogP contribution in [0.1, 0.15) is 41.5 Å². The number of hydrogen-bond acceptors (Lipinski definition) is 5. The highest BCUT2D eigenvalue weighted by molar-refractivity contribution is 5.98. The zero-order valence-corrected chi connectivity index (χ0v) is 16.1. The van der Waals surface area contributed by atoms with Crippen molar-refractivity contribution < 1.29 is 23.9 Å². The molecule has 0 fully saturated rings. The van der Waals surface area contributed by atoms with Crippen LogP contribution in [0.5, 0.6) is 5.75 Å². The van der Waals surface area contributed by atoms with Crippen molar-refractivity contribution in [1.82, 2.24) is 0 Å². The second-order valence-corrected chi connectivity index (χ2v) is 6.71. The summed E-state index contributed by atoms with van der Waals surface area (Å²) in [6, 6.07) is 12.6. The van der Waals surface area contributed by atoms with E-state index in [0.29, 0.717) is 35.1 Å². The van der Waals surface area contributed by atoms with Crippen LogP contribution in [0.2, 0.25) is 0 Å². The predicted molar refractivity (Wildman–Crippen MR) is 105 cm³/mol. The first-order valence-corrected chi connectivity index (χ1v) is 8.91. The van der Waals surface area contributed by atoms with Crippen LogP contribution in [0.25, 0.3) is 0 Å². The zero-order valence-electron chi connectivity index (χ0n) is 16.1. The first kappa shape index (κ1) is 21.0. The lowest BCUT2D eigenvalue weighted by Gasteiger charge is -2.14. The van der Waals surface area contributed by atoms with E-state index in [9.17, 15) is 14.4 Å². The minimum Gasteiger partial charge on any atom is -0.493 e. The number of esters is 1. The molecule has 7 heteroatoms. The molecule has 0 radical (unpaired) electrons. The summed E-state index contributed by atoms with van der Waals surface area (Å²) in [5.41, 5.74) is 6.29. The molecule has 2 amide bonds. The topological polar surface area (TPSA) is 108 Å². The summed E-state index contributed by atoms with van der Waals surface area (Å²) in [7, 11) is 0. The van der Waals surface area contributed by atoms with Crippen LogP contribution < -0.4 is 15.8 Å². The van der Waals surface area contributed by atoms with E-state index in [1.807, 2.05) is 13.8 Å². The van der Waals surface area contributed by atoms with Gasteiger partial charge >= 0.3 is 5.97 Å². The first-order valence-electron chi connectivity index (χ1n) is 8.91. The normalized spacial score (nSPS) is 11.6. The number of hydrogen-bond donors (Lipinski definition) is 2. The fourth-order valence-corrected chi connectivity index (χ4v) is 2.19. The molecule has 148 valence electrons. The summed E-state index contributed by atoms with van der Waals surface area (Å²) in [5.74, 6) is -0.591. The van der Waals surface area contributed by atoms with Gasteiger partial charge in [0.2, 0.25) is 5.91 Å². The summed E-state index contributed by atoms with van der Waals surface area (Å²) in [6.45, 7) is 6.15. The van der Waals surface area contributed by atoms with Crippen molar-refractivity contribution in [2.75, 3.05) is 11.9 Å². The monoisotopic (exact) mass is 384 g/mol. The number of amides is 2. The van der Waals surface area contributed by atoms with Crippen LogP contribution >= 0.6 is 0 Å². The van der Waals surface area contributed by atoms with Crippen molar-refractivity contribution in [2.45, 2.75) is 26.9 Å². The smallest absolute Gasteiger partial charge is 0.338 e. The van der Waals surface area contributed by atoms with Crippen molar-refractivity contribution in [2.24, 2.45) is 11.7 Å². The largest absolute Gasteiger partial charge is 0.493 e. The fourth-order valence-electron chi connectivity index (χ4n) is 2.19. The van der Waals surface area contributed by atoms with Crippen molar-refractivity contribution in [3.63, 3.8) is 0 Å². The van der Waals surface area contributed by atoms with E-state index < -0.39 is 23.9 Å². The Labute approximate surface area is 163 Å². The van der Waals surface area contributed by atoms with Gasteiger partial charge in [0.25, 0.3) is 5.91 Å². The van der Waals surface area contributed by atoms with E-state index in [-0.39, 0.29) is 0 Å². The molecule has 0 saturated carbocycles. The maximum Gasteiger partial charge on any atom is 0.338 e. The minimum atomic E-state index is -1.000. The molecule has 0 bridgehead atoms. The van der Waals surface area contributed by atoms with Crippen LogP contribution in [-0.2, 0) is 9.53 Å². The predicted octanol–water partition coefficient (Wildman–Crippen LogP) is 3.00. The lowest BCUT2D eigenvalue weighted by Crippen LogP contribution is -2.30. The molecule has 0 aromatic heterocycles. The number of carbonyl (C=O) groups excluding carboxylic acids is 3. The van der Waals surface area contributed by atoms with Crippen LogP contribution in [0, 0.1) is 5.92 Å². The van der Waals surface area contributed by atoms with Crippen LogP contribution in [0.15, 0.2) is 48.5 Å². The molecule has 3 N–H and O–H groups in total. The Morgan fingerprint density at radius 3 is 2.04 bits per heavy atom. The van der Waals surface area contributed by atoms with Crippen molar-refractivity contribution in [3.8, 4) is 5.75 Å². The number of ether oxygens (including phenoxy) is 2. The molecule has 28 heavy (non-hydrogen) atoms. The van der Waals surface area contributed by atoms with Gasteiger partial charge in [-0.2, -0.15) is 0 Å². The Morgan fingerprint density at radius 2 is 1.50 bits per heavy atom. The van der Waals surface area contributed by atoms with E-state index in [2.05, 4.69) is 5.32 Å². The van der Waals surface area contributed by atoms with Gasteiger partial charge in [0.1, 0.15) is 5.75 Å². The number of nitrogens with one attached hydrogen (secondary N) is 1. The third-order valence-corrected chi connectivity index (χ3v) is 3.76. The van der Waals surface area contributed by atoms with Gasteiger partial charge in [0.15, 0.2) is 6.10 Å². The summed E-state index contributed by atoms with van der Waals surface area (Å²) >= 11 is 0. The van der Waals surface area contributed by atoms with Crippen LogP contribution in [-0.4, -0.2) is 30.5 Å². The van der Waals surface area contributed by atoms with Gasteiger partial charge in [-0.1, -0.05) is 13.8 Å². The molecule has 1 atom stereocenters. The van der Waals surface area contributed by atoms with E-state index in [0.717, 1.165) is 0 Å². The summed E-state index contributed by atoms with van der Waals surface area (Å²) in [4.78, 5) is 35.5. The van der Waals surface area contributed by atoms with Crippen LogP contribution in [0.4, 0.5) is 5.69 Å². The van der Waals surface area contributed by atoms with Gasteiger partial charge in [0.05, 0.1) is 12.2 Å². The Balaban J connectivity index is 1.90. The molecular formula is C21H24N2O5. The summed E-state index contributed by atoms with van der Waals surface area (Å²) < 4.78 is 10.8. The van der Waals surface area contributed by atoms with E-state index in [1.54, 1.807) is 36.4 Å². The molecule has 7 nitrogen and oxygen atoms in total. The van der Waals surface area contributed by atoms with Gasteiger partial charge in [-0.25, -0.2) is 4.79 Å². The lowest BCUT2D eigenvalue weighted by atomic mass is 10.2. The molecule has 0 aliphatic heterocycles. The van der Waals surface area contributed by atoms with Crippen LogP contribution in [0.3, 0.4) is 0 Å². The van der Waals surface area contributed by atoms with Gasteiger partial charge in [-0.05, 0) is 61.4 Å². The van der Waals surface area contributed by atoms with E-state index >= 15 is 0 Å². The number of rotatable bonds is 8. The van der Waals surface area contributed by atoms with Gasteiger partial charge in [-0.3, -0.25) is 9.59 Å². The highest BCUT2D eigenvalue weighted by Crippen LogP contribution is 2.15. The Morgan fingerprint density at radius 1 is 0.929 bits per heavy atom. The number of nitrogens with two attached hydrogens (primary N) is 1. The molecule has 0 spiro atoms. The highest BCUT2D eigenvalue weighted by Gasteiger charge is 2.19. The molecule has 0 unspecified atom stereocenters. The van der Waals surface area contributed by atoms with Gasteiger partial charge in [0, 0.05) is 11.3 Å². The van der Waals surface area contributed by atoms with E-state index in [4.69, 9.17) is 15.2 Å². The molecule has 2 rings (SSSR count). The number of anilines is 1. The second kappa shape index (κ2) is 9.55. The minimum absolute atomic E-state index is 0.322. The van der Waals surface area contributed by atoms with Gasteiger partial charge in [-0.15, -0.1) is 0 Å². The second-order valence-electron chi connectivity index (χ2n) is 6.71. The lowest BCUT2D eigenvalue weighted by molar-refractivity contribution is -0.123. The Kier molecular flexibility index (Phi) is 7.14. The maximum atomic E-state index is 12.2. The summed E-state index contributed by atoms with van der Waals surface area (Å²) in [5, 5.41) is 2.61. The van der Waals surface area contributed by atoms with E-state index in [1.165, 1.54) is 19.1 Å². The molecule has 2 aromatic carbocycles. The first-order chi connectivity index (χ1) is 13.3. The zero-order chi connectivity index (χ0) is 20.7. The molecule has 2 aromatic rings. The molecule has 0 aliphatic rings. The number of primary amides is 1.